The summed E-state index contributed by atoms with van der Waals surface area (Å²) < 4.78 is 32.8. The molecule has 0 bridgehead atoms. The van der Waals surface area contributed by atoms with E-state index < -0.39 is 32.5 Å². The van der Waals surface area contributed by atoms with Crippen LogP contribution in [0.15, 0.2) is 48.6 Å². The summed E-state index contributed by atoms with van der Waals surface area (Å²) in [5.74, 6) is -0.850. The zero-order valence-corrected chi connectivity index (χ0v) is 35.3. The highest BCUT2D eigenvalue weighted by Crippen LogP contribution is 2.43. The fraction of sp³-hybridized carbons (Fsp3) is 0.773. The Kier molecular flexibility index (Phi) is 39.1. The van der Waals surface area contributed by atoms with E-state index in [1.54, 1.807) is 0 Å². The van der Waals surface area contributed by atoms with Gasteiger partial charge in [-0.15, -0.1) is 0 Å². The first-order chi connectivity index (χ1) is 26.3. The molecular formula is C44H80NO8P. The van der Waals surface area contributed by atoms with Crippen molar-refractivity contribution < 1.29 is 37.6 Å². The van der Waals surface area contributed by atoms with Gasteiger partial charge in [-0.2, -0.15) is 0 Å². The molecule has 10 heteroatoms. The van der Waals surface area contributed by atoms with Crippen molar-refractivity contribution >= 4 is 19.8 Å². The molecule has 314 valence electrons. The molecule has 0 spiro atoms. The van der Waals surface area contributed by atoms with E-state index in [0.717, 1.165) is 83.5 Å². The van der Waals surface area contributed by atoms with Crippen molar-refractivity contribution in [1.82, 2.24) is 0 Å². The van der Waals surface area contributed by atoms with Gasteiger partial charge in [-0.3, -0.25) is 18.6 Å². The summed E-state index contributed by atoms with van der Waals surface area (Å²) in [6.45, 7) is 3.60. The maximum Gasteiger partial charge on any atom is 0.472 e. The predicted molar refractivity (Wildman–Crippen MR) is 224 cm³/mol. The van der Waals surface area contributed by atoms with Crippen molar-refractivity contribution in [2.24, 2.45) is 5.73 Å². The van der Waals surface area contributed by atoms with Crippen LogP contribution in [-0.2, 0) is 32.7 Å². The van der Waals surface area contributed by atoms with Crippen LogP contribution in [-0.4, -0.2) is 49.3 Å². The molecule has 0 amide bonds. The molecular weight excluding hydrogens is 701 g/mol. The average Bonchev–Trinajstić information content (AvgIpc) is 3.16. The Morgan fingerprint density at radius 2 is 1.02 bits per heavy atom. The third-order valence-electron chi connectivity index (χ3n) is 8.95. The predicted octanol–water partition coefficient (Wildman–Crippen LogP) is 12.3. The second-order valence-corrected chi connectivity index (χ2v) is 15.6. The lowest BCUT2D eigenvalue weighted by Crippen LogP contribution is -2.29. The highest BCUT2D eigenvalue weighted by atomic mass is 31.2. The number of hydrogen-bond acceptors (Lipinski definition) is 8. The zero-order valence-electron chi connectivity index (χ0n) is 34.4. The van der Waals surface area contributed by atoms with Crippen molar-refractivity contribution in [3.63, 3.8) is 0 Å². The lowest BCUT2D eigenvalue weighted by molar-refractivity contribution is -0.161. The van der Waals surface area contributed by atoms with Crippen molar-refractivity contribution in [1.29, 1.82) is 0 Å². The Hall–Kier alpha value is -2.03. The number of nitrogens with two attached hydrogens (primary N) is 1. The summed E-state index contributed by atoms with van der Waals surface area (Å²) in [6, 6.07) is 0. The number of rotatable bonds is 40. The standard InChI is InChI=1S/C44H80NO8P/c1-3-5-7-9-11-13-15-17-19-21-23-25-27-29-31-33-35-37-44(47)53-42(41-52-54(48,49)51-39-38-45)40-50-43(46)36-34-32-30-28-26-24-22-20-18-16-14-12-10-8-6-4-2/h5,7,11,13,17,19-20,22,42H,3-4,6,8-10,12,14-16,18,21,23-41,45H2,1-2H3,(H,48,49)/b7-5-,13-11-,19-17-,22-20-. The van der Waals surface area contributed by atoms with Crippen LogP contribution in [0, 0.1) is 0 Å². The van der Waals surface area contributed by atoms with Gasteiger partial charge in [0.1, 0.15) is 6.61 Å². The molecule has 0 radical (unpaired) electrons. The van der Waals surface area contributed by atoms with Gasteiger partial charge in [0.25, 0.3) is 0 Å². The van der Waals surface area contributed by atoms with Crippen LogP contribution in [0.25, 0.3) is 0 Å². The second kappa shape index (κ2) is 40.6. The van der Waals surface area contributed by atoms with E-state index in [9.17, 15) is 19.0 Å². The molecule has 0 aliphatic heterocycles. The third-order valence-corrected chi connectivity index (χ3v) is 9.93. The molecule has 54 heavy (non-hydrogen) atoms. The number of esters is 2. The number of carbonyl (C=O) groups excluding carboxylic acids is 2. The molecule has 0 saturated carbocycles. The second-order valence-electron chi connectivity index (χ2n) is 14.2. The fourth-order valence-electron chi connectivity index (χ4n) is 5.76. The van der Waals surface area contributed by atoms with Crippen LogP contribution in [0.3, 0.4) is 0 Å². The minimum absolute atomic E-state index is 0.0491. The van der Waals surface area contributed by atoms with Gasteiger partial charge in [-0.1, -0.05) is 152 Å². The molecule has 2 atom stereocenters. The molecule has 0 saturated heterocycles. The normalized spacial score (nSPS) is 13.8. The summed E-state index contributed by atoms with van der Waals surface area (Å²) >= 11 is 0. The van der Waals surface area contributed by atoms with Crippen LogP contribution < -0.4 is 5.73 Å². The summed E-state index contributed by atoms with van der Waals surface area (Å²) in [4.78, 5) is 34.9. The van der Waals surface area contributed by atoms with Crippen molar-refractivity contribution in [3.05, 3.63) is 48.6 Å². The van der Waals surface area contributed by atoms with E-state index in [4.69, 9.17) is 24.3 Å². The Balaban J connectivity index is 4.18. The van der Waals surface area contributed by atoms with Gasteiger partial charge in [-0.25, -0.2) is 4.57 Å². The monoisotopic (exact) mass is 782 g/mol. The molecule has 0 aromatic heterocycles. The van der Waals surface area contributed by atoms with E-state index in [1.807, 2.05) is 0 Å². The average molecular weight is 782 g/mol. The molecule has 0 rings (SSSR count). The van der Waals surface area contributed by atoms with Crippen molar-refractivity contribution in [3.8, 4) is 0 Å². The molecule has 3 N–H and O–H groups in total. The van der Waals surface area contributed by atoms with Gasteiger partial charge in [0, 0.05) is 19.4 Å². The van der Waals surface area contributed by atoms with Gasteiger partial charge in [0.15, 0.2) is 6.10 Å². The minimum atomic E-state index is -4.38. The lowest BCUT2D eigenvalue weighted by atomic mass is 10.1. The maximum atomic E-state index is 12.6. The summed E-state index contributed by atoms with van der Waals surface area (Å²) in [5.41, 5.74) is 5.34. The first-order valence-corrected chi connectivity index (χ1v) is 23.1. The highest BCUT2D eigenvalue weighted by molar-refractivity contribution is 7.47. The van der Waals surface area contributed by atoms with Crippen LogP contribution >= 0.6 is 7.82 Å². The maximum absolute atomic E-state index is 12.6. The molecule has 0 aliphatic rings. The van der Waals surface area contributed by atoms with Crippen LogP contribution in [0.5, 0.6) is 0 Å². The van der Waals surface area contributed by atoms with E-state index in [0.29, 0.717) is 6.42 Å². The van der Waals surface area contributed by atoms with Gasteiger partial charge in [-0.05, 0) is 70.6 Å². The van der Waals surface area contributed by atoms with E-state index in [-0.39, 0.29) is 32.6 Å². The fourth-order valence-corrected chi connectivity index (χ4v) is 6.53. The number of hydrogen-bond donors (Lipinski definition) is 2. The smallest absolute Gasteiger partial charge is 0.462 e. The van der Waals surface area contributed by atoms with Crippen molar-refractivity contribution in [2.75, 3.05) is 26.4 Å². The molecule has 0 aromatic rings. The molecule has 2 unspecified atom stereocenters. The number of ether oxygens (including phenoxy) is 2. The molecule has 0 fully saturated rings. The number of unbranched alkanes of at least 4 members (excludes halogenated alkanes) is 19. The molecule has 9 nitrogen and oxygen atoms in total. The SMILES string of the molecule is CC/C=C\C/C=C\C/C=C\CCCCCCCCCC(=O)OC(COC(=O)CCCCCCC/C=C\CCCCCCCCC)COP(=O)(O)OCCN. The first-order valence-electron chi connectivity index (χ1n) is 21.6. The first kappa shape index (κ1) is 52.0. The Labute approximate surface area is 330 Å². The Bertz CT molecular complexity index is 1030. The van der Waals surface area contributed by atoms with Crippen LogP contribution in [0.2, 0.25) is 0 Å². The van der Waals surface area contributed by atoms with E-state index in [2.05, 4.69) is 62.5 Å². The van der Waals surface area contributed by atoms with Crippen LogP contribution in [0.4, 0.5) is 0 Å². The van der Waals surface area contributed by atoms with E-state index >= 15 is 0 Å². The molecule has 0 aliphatic carbocycles. The minimum Gasteiger partial charge on any atom is -0.462 e. The molecule has 0 heterocycles. The topological polar surface area (TPSA) is 134 Å². The van der Waals surface area contributed by atoms with E-state index in [1.165, 1.54) is 70.6 Å². The van der Waals surface area contributed by atoms with Crippen molar-refractivity contribution in [2.45, 2.75) is 193 Å². The summed E-state index contributed by atoms with van der Waals surface area (Å²) in [6.07, 6.45) is 45.6. The zero-order chi connectivity index (χ0) is 39.6. The lowest BCUT2D eigenvalue weighted by Gasteiger charge is -2.19. The number of allylic oxidation sites excluding steroid dienone is 8. The highest BCUT2D eigenvalue weighted by Gasteiger charge is 2.26. The van der Waals surface area contributed by atoms with Gasteiger partial charge >= 0.3 is 19.8 Å². The molecule has 0 aromatic carbocycles. The quantitative estimate of drug-likeness (QED) is 0.0269. The summed E-state index contributed by atoms with van der Waals surface area (Å²) in [7, 11) is -4.38. The number of phosphoric ester groups is 1. The third kappa shape index (κ3) is 39.7. The van der Waals surface area contributed by atoms with Crippen LogP contribution in [0.1, 0.15) is 187 Å². The summed E-state index contributed by atoms with van der Waals surface area (Å²) in [5, 5.41) is 0. The number of carbonyl (C=O) groups is 2. The number of phosphoric acid groups is 1. The largest absolute Gasteiger partial charge is 0.472 e. The Morgan fingerprint density at radius 1 is 0.574 bits per heavy atom. The Morgan fingerprint density at radius 3 is 1.54 bits per heavy atom. The van der Waals surface area contributed by atoms with Gasteiger partial charge < -0.3 is 20.1 Å². The van der Waals surface area contributed by atoms with Gasteiger partial charge in [0.05, 0.1) is 13.2 Å². The van der Waals surface area contributed by atoms with Gasteiger partial charge in [0.2, 0.25) is 0 Å².